The first kappa shape index (κ1) is 17.1. The molecule has 7 heteroatoms. The molecule has 2 aromatic heterocycles. The summed E-state index contributed by atoms with van der Waals surface area (Å²) in [5.41, 5.74) is 0.708. The Morgan fingerprint density at radius 2 is 1.96 bits per heavy atom. The van der Waals surface area contributed by atoms with E-state index in [4.69, 9.17) is 0 Å². The Kier molecular flexibility index (Phi) is 4.97. The summed E-state index contributed by atoms with van der Waals surface area (Å²) in [4.78, 5) is 19.0. The van der Waals surface area contributed by atoms with E-state index in [9.17, 15) is 9.90 Å². The number of pyridine rings is 1. The van der Waals surface area contributed by atoms with Crippen molar-refractivity contribution in [3.63, 3.8) is 0 Å². The lowest BCUT2D eigenvalue weighted by Gasteiger charge is -2.33. The number of aliphatic hydroxyl groups excluding tert-OH is 1. The monoisotopic (exact) mass is 355 g/mol. The summed E-state index contributed by atoms with van der Waals surface area (Å²) in [5.74, 6) is 1.51. The molecule has 0 saturated carbocycles. The van der Waals surface area contributed by atoms with Gasteiger partial charge in [-0.15, -0.1) is 10.2 Å². The van der Waals surface area contributed by atoms with Crippen molar-refractivity contribution in [3.8, 4) is 0 Å². The van der Waals surface area contributed by atoms with E-state index in [0.717, 1.165) is 44.5 Å². The summed E-state index contributed by atoms with van der Waals surface area (Å²) >= 11 is 0. The van der Waals surface area contributed by atoms with E-state index in [1.807, 2.05) is 27.7 Å². The molecule has 0 aromatic carbocycles. The summed E-state index contributed by atoms with van der Waals surface area (Å²) < 4.78 is 2.00. The van der Waals surface area contributed by atoms with E-state index < -0.39 is 6.10 Å². The molecular formula is C19H25N5O2. The zero-order valence-corrected chi connectivity index (χ0v) is 14.9. The lowest BCUT2D eigenvalue weighted by Crippen LogP contribution is -2.41. The summed E-state index contributed by atoms with van der Waals surface area (Å²) in [5, 5.41) is 19.0. The van der Waals surface area contributed by atoms with Crippen LogP contribution >= 0.6 is 0 Å². The van der Waals surface area contributed by atoms with Crippen LogP contribution in [0.1, 0.15) is 60.3 Å². The minimum atomic E-state index is -0.571. The third-order valence-corrected chi connectivity index (χ3v) is 5.56. The van der Waals surface area contributed by atoms with Crippen LogP contribution in [0.4, 0.5) is 0 Å². The average molecular weight is 355 g/mol. The number of fused-ring (bicyclic) bond motifs is 1. The van der Waals surface area contributed by atoms with Crippen molar-refractivity contribution < 1.29 is 9.90 Å². The molecule has 1 fully saturated rings. The van der Waals surface area contributed by atoms with Gasteiger partial charge in [0.15, 0.2) is 0 Å². The fourth-order valence-corrected chi connectivity index (χ4v) is 4.00. The number of piperidine rings is 1. The van der Waals surface area contributed by atoms with E-state index >= 15 is 0 Å². The van der Waals surface area contributed by atoms with Crippen LogP contribution in [-0.4, -0.2) is 48.8 Å². The molecule has 138 valence electrons. The molecule has 4 rings (SSSR count). The number of likely N-dealkylation sites (tertiary alicyclic amines) is 1. The average Bonchev–Trinajstić information content (AvgIpc) is 2.96. The normalized spacial score (nSPS) is 19.7. The van der Waals surface area contributed by atoms with Gasteiger partial charge in [-0.3, -0.25) is 9.78 Å². The fourth-order valence-electron chi connectivity index (χ4n) is 4.00. The van der Waals surface area contributed by atoms with Crippen molar-refractivity contribution in [1.29, 1.82) is 0 Å². The van der Waals surface area contributed by atoms with Crippen molar-refractivity contribution in [2.24, 2.45) is 5.92 Å². The zero-order chi connectivity index (χ0) is 17.9. The number of hydrogen-bond acceptors (Lipinski definition) is 5. The third kappa shape index (κ3) is 3.35. The Balaban J connectivity index is 1.40. The topological polar surface area (TPSA) is 84.1 Å². The maximum Gasteiger partial charge on any atom is 0.291 e. The predicted molar refractivity (Wildman–Crippen MR) is 95.4 cm³/mol. The SMILES string of the molecule is O=C(c1nnc2n1CCCCC2)N1CCC(C(O)c2ccccn2)CC1. The lowest BCUT2D eigenvalue weighted by molar-refractivity contribution is 0.0436. The molecule has 1 saturated heterocycles. The molecule has 0 radical (unpaired) electrons. The first-order chi connectivity index (χ1) is 12.7. The van der Waals surface area contributed by atoms with Gasteiger partial charge in [-0.1, -0.05) is 12.5 Å². The Hall–Kier alpha value is -2.28. The van der Waals surface area contributed by atoms with Crippen LogP contribution in [0.15, 0.2) is 24.4 Å². The molecule has 4 heterocycles. The number of aromatic nitrogens is 4. The number of hydrogen-bond donors (Lipinski definition) is 1. The molecule has 1 unspecified atom stereocenters. The lowest BCUT2D eigenvalue weighted by atomic mass is 9.89. The highest BCUT2D eigenvalue weighted by atomic mass is 16.3. The molecule has 2 aliphatic heterocycles. The van der Waals surface area contributed by atoms with Crippen LogP contribution in [0.25, 0.3) is 0 Å². The van der Waals surface area contributed by atoms with Gasteiger partial charge in [0.05, 0.1) is 11.8 Å². The van der Waals surface area contributed by atoms with Crippen LogP contribution in [0.3, 0.4) is 0 Å². The maximum atomic E-state index is 12.9. The van der Waals surface area contributed by atoms with E-state index in [1.54, 1.807) is 6.20 Å². The molecule has 1 N–H and O–H groups in total. The van der Waals surface area contributed by atoms with Crippen LogP contribution in [-0.2, 0) is 13.0 Å². The fraction of sp³-hybridized carbons (Fsp3) is 0.579. The number of aryl methyl sites for hydroxylation is 1. The van der Waals surface area contributed by atoms with E-state index in [2.05, 4.69) is 15.2 Å². The van der Waals surface area contributed by atoms with Gasteiger partial charge in [0, 0.05) is 32.3 Å². The second kappa shape index (κ2) is 7.53. The van der Waals surface area contributed by atoms with Gasteiger partial charge in [0.2, 0.25) is 5.82 Å². The van der Waals surface area contributed by atoms with E-state index in [1.165, 1.54) is 6.42 Å². The predicted octanol–water partition coefficient (Wildman–Crippen LogP) is 1.99. The maximum absolute atomic E-state index is 12.9. The number of rotatable bonds is 3. The minimum Gasteiger partial charge on any atom is -0.387 e. The quantitative estimate of drug-likeness (QED) is 0.910. The summed E-state index contributed by atoms with van der Waals surface area (Å²) in [6.07, 6.45) is 6.93. The minimum absolute atomic E-state index is 0.0311. The Morgan fingerprint density at radius 3 is 2.73 bits per heavy atom. The molecule has 1 amide bonds. The number of aliphatic hydroxyl groups is 1. The number of carbonyl (C=O) groups is 1. The van der Waals surface area contributed by atoms with Gasteiger partial charge >= 0.3 is 0 Å². The summed E-state index contributed by atoms with van der Waals surface area (Å²) in [6, 6.07) is 5.59. The van der Waals surface area contributed by atoms with Crippen LogP contribution < -0.4 is 0 Å². The molecule has 0 spiro atoms. The highest BCUT2D eigenvalue weighted by molar-refractivity contribution is 5.90. The highest BCUT2D eigenvalue weighted by Crippen LogP contribution is 2.30. The Labute approximate surface area is 153 Å². The van der Waals surface area contributed by atoms with Crippen LogP contribution in [0.5, 0.6) is 0 Å². The van der Waals surface area contributed by atoms with Gasteiger partial charge in [0.1, 0.15) is 5.82 Å². The molecule has 1 atom stereocenters. The van der Waals surface area contributed by atoms with Crippen LogP contribution in [0, 0.1) is 5.92 Å². The Bertz CT molecular complexity index is 753. The number of amides is 1. The van der Waals surface area contributed by atoms with Gasteiger partial charge in [0.25, 0.3) is 5.91 Å². The van der Waals surface area contributed by atoms with Gasteiger partial charge < -0.3 is 14.6 Å². The van der Waals surface area contributed by atoms with Crippen molar-refractivity contribution in [2.45, 2.75) is 51.2 Å². The second-order valence-electron chi connectivity index (χ2n) is 7.23. The molecule has 0 bridgehead atoms. The van der Waals surface area contributed by atoms with Crippen molar-refractivity contribution in [3.05, 3.63) is 41.7 Å². The summed E-state index contributed by atoms with van der Waals surface area (Å²) in [6.45, 7) is 2.10. The standard InChI is InChI=1S/C19H25N5O2/c25-17(15-6-3-4-10-20-15)14-8-12-23(13-9-14)19(26)18-22-21-16-7-2-1-5-11-24(16)18/h3-4,6,10,14,17,25H,1-2,5,7-9,11-13H2. The molecule has 26 heavy (non-hydrogen) atoms. The number of nitrogens with zero attached hydrogens (tertiary/aromatic N) is 5. The van der Waals surface area contributed by atoms with E-state index in [0.29, 0.717) is 24.6 Å². The molecule has 2 aliphatic rings. The summed E-state index contributed by atoms with van der Waals surface area (Å²) in [7, 11) is 0. The van der Waals surface area contributed by atoms with Crippen molar-refractivity contribution in [2.75, 3.05) is 13.1 Å². The molecular weight excluding hydrogens is 330 g/mol. The van der Waals surface area contributed by atoms with Crippen molar-refractivity contribution in [1.82, 2.24) is 24.6 Å². The third-order valence-electron chi connectivity index (χ3n) is 5.56. The highest BCUT2D eigenvalue weighted by Gasteiger charge is 2.31. The first-order valence-electron chi connectivity index (χ1n) is 9.54. The van der Waals surface area contributed by atoms with Gasteiger partial charge in [-0.2, -0.15) is 0 Å². The molecule has 7 nitrogen and oxygen atoms in total. The first-order valence-corrected chi connectivity index (χ1v) is 9.54. The largest absolute Gasteiger partial charge is 0.387 e. The number of carbonyl (C=O) groups excluding carboxylic acids is 1. The van der Waals surface area contributed by atoms with Crippen molar-refractivity contribution >= 4 is 5.91 Å². The smallest absolute Gasteiger partial charge is 0.291 e. The van der Waals surface area contributed by atoms with Gasteiger partial charge in [-0.05, 0) is 43.7 Å². The molecule has 0 aliphatic carbocycles. The Morgan fingerprint density at radius 1 is 1.12 bits per heavy atom. The van der Waals surface area contributed by atoms with Crippen LogP contribution in [0.2, 0.25) is 0 Å². The van der Waals surface area contributed by atoms with E-state index in [-0.39, 0.29) is 11.8 Å². The molecule has 2 aromatic rings. The zero-order valence-electron chi connectivity index (χ0n) is 14.9. The van der Waals surface area contributed by atoms with Gasteiger partial charge in [-0.25, -0.2) is 0 Å². The second-order valence-corrected chi connectivity index (χ2v) is 7.23.